The lowest BCUT2D eigenvalue weighted by Gasteiger charge is -2.31. The molecule has 2 N–H and O–H groups in total. The summed E-state index contributed by atoms with van der Waals surface area (Å²) in [7, 11) is 0. The minimum atomic E-state index is -1.30. The van der Waals surface area contributed by atoms with E-state index in [4.69, 9.17) is 19.3 Å². The van der Waals surface area contributed by atoms with Gasteiger partial charge in [0.15, 0.2) is 6.04 Å². The number of rotatable bonds is 7. The number of carbonyl (C=O) groups is 2. The molecule has 4 atom stereocenters. The standard InChI is InChI=1S/C21H29NO6/c1-14(2)9-10-27-19-15(3)28-20(23)18(22-21(24)25)13-26-12-17(19)11-16-7-5-4-6-8-16/h4-8,15,17-19,22H,1,9-13H2,2-3H3,(H,24,25)/t15-,17-,18-,19-/m0/s1. The molecule has 1 amide bonds. The van der Waals surface area contributed by atoms with Crippen molar-refractivity contribution < 1.29 is 28.9 Å². The van der Waals surface area contributed by atoms with Crippen LogP contribution in [0.15, 0.2) is 42.5 Å². The van der Waals surface area contributed by atoms with E-state index in [0.717, 1.165) is 11.1 Å². The molecular weight excluding hydrogens is 362 g/mol. The largest absolute Gasteiger partial charge is 0.465 e. The van der Waals surface area contributed by atoms with Crippen LogP contribution in [0.4, 0.5) is 4.79 Å². The molecule has 28 heavy (non-hydrogen) atoms. The van der Waals surface area contributed by atoms with Crippen molar-refractivity contribution in [1.29, 1.82) is 0 Å². The molecule has 1 aliphatic heterocycles. The Labute approximate surface area is 165 Å². The van der Waals surface area contributed by atoms with Crippen molar-refractivity contribution in [1.82, 2.24) is 5.32 Å². The molecule has 154 valence electrons. The second-order valence-electron chi connectivity index (χ2n) is 7.17. The third-order valence-corrected chi connectivity index (χ3v) is 4.61. The lowest BCUT2D eigenvalue weighted by molar-refractivity contribution is -0.160. The SMILES string of the molecule is C=C(C)CCO[C@@H]1[C@@H](Cc2ccccc2)COC[C@H](NC(=O)O)C(=O)O[C@H]1C. The number of benzene rings is 1. The van der Waals surface area contributed by atoms with Crippen LogP contribution in [0.5, 0.6) is 0 Å². The van der Waals surface area contributed by atoms with Gasteiger partial charge in [0.2, 0.25) is 0 Å². The summed E-state index contributed by atoms with van der Waals surface area (Å²) in [6, 6.07) is 8.89. The maximum atomic E-state index is 12.4. The minimum absolute atomic E-state index is 0.0566. The summed E-state index contributed by atoms with van der Waals surface area (Å²) in [6.45, 7) is 8.29. The van der Waals surface area contributed by atoms with Crippen LogP contribution in [-0.2, 0) is 25.4 Å². The monoisotopic (exact) mass is 391 g/mol. The first kappa shape index (κ1) is 21.9. The van der Waals surface area contributed by atoms with E-state index in [1.165, 1.54) is 0 Å². The van der Waals surface area contributed by atoms with E-state index in [1.807, 2.05) is 37.3 Å². The smallest absolute Gasteiger partial charge is 0.405 e. The first-order valence-corrected chi connectivity index (χ1v) is 9.44. The molecule has 1 heterocycles. The fourth-order valence-corrected chi connectivity index (χ4v) is 3.20. The highest BCUT2D eigenvalue weighted by atomic mass is 16.6. The van der Waals surface area contributed by atoms with Crippen LogP contribution >= 0.6 is 0 Å². The van der Waals surface area contributed by atoms with Gasteiger partial charge in [-0.2, -0.15) is 0 Å². The topological polar surface area (TPSA) is 94.1 Å². The predicted molar refractivity (Wildman–Crippen MR) is 104 cm³/mol. The zero-order valence-corrected chi connectivity index (χ0v) is 16.4. The Morgan fingerprint density at radius 2 is 2.04 bits per heavy atom. The number of ether oxygens (including phenoxy) is 3. The Morgan fingerprint density at radius 1 is 1.32 bits per heavy atom. The Balaban J connectivity index is 2.18. The van der Waals surface area contributed by atoms with E-state index in [1.54, 1.807) is 6.92 Å². The van der Waals surface area contributed by atoms with Crippen LogP contribution in [0.3, 0.4) is 0 Å². The van der Waals surface area contributed by atoms with E-state index in [2.05, 4.69) is 11.9 Å². The summed E-state index contributed by atoms with van der Waals surface area (Å²) in [5.74, 6) is -0.720. The lowest BCUT2D eigenvalue weighted by Crippen LogP contribution is -2.46. The first-order valence-electron chi connectivity index (χ1n) is 9.44. The minimum Gasteiger partial charge on any atom is -0.465 e. The number of carboxylic acid groups (broad SMARTS) is 1. The molecule has 0 spiro atoms. The predicted octanol–water partition coefficient (Wildman–Crippen LogP) is 2.79. The van der Waals surface area contributed by atoms with Gasteiger partial charge in [0.05, 0.1) is 25.9 Å². The first-order chi connectivity index (χ1) is 13.4. The van der Waals surface area contributed by atoms with Crippen molar-refractivity contribution in [3.63, 3.8) is 0 Å². The quantitative estimate of drug-likeness (QED) is 0.548. The van der Waals surface area contributed by atoms with Crippen LogP contribution in [-0.4, -0.2) is 55.2 Å². The second-order valence-corrected chi connectivity index (χ2v) is 7.17. The molecule has 1 aromatic rings. The molecule has 0 aromatic heterocycles. The van der Waals surface area contributed by atoms with Gasteiger partial charge < -0.3 is 24.6 Å². The number of carbonyl (C=O) groups excluding carboxylic acids is 1. The Hall–Kier alpha value is -2.38. The third kappa shape index (κ3) is 6.98. The molecule has 1 fully saturated rings. The highest BCUT2D eigenvalue weighted by molar-refractivity contribution is 5.81. The summed E-state index contributed by atoms with van der Waals surface area (Å²) < 4.78 is 17.3. The van der Waals surface area contributed by atoms with Gasteiger partial charge in [-0.3, -0.25) is 0 Å². The second kappa shape index (κ2) is 10.8. The van der Waals surface area contributed by atoms with Gasteiger partial charge in [0.25, 0.3) is 0 Å². The molecule has 1 aliphatic rings. The Morgan fingerprint density at radius 3 is 2.68 bits per heavy atom. The molecule has 1 saturated heterocycles. The number of esters is 1. The molecule has 7 nitrogen and oxygen atoms in total. The van der Waals surface area contributed by atoms with Gasteiger partial charge in [-0.1, -0.05) is 35.9 Å². The zero-order chi connectivity index (χ0) is 20.5. The zero-order valence-electron chi connectivity index (χ0n) is 16.4. The molecule has 0 unspecified atom stereocenters. The summed E-state index contributed by atoms with van der Waals surface area (Å²) in [4.78, 5) is 23.3. The van der Waals surface area contributed by atoms with E-state index in [9.17, 15) is 9.59 Å². The van der Waals surface area contributed by atoms with Gasteiger partial charge in [0.1, 0.15) is 6.10 Å². The highest BCUT2D eigenvalue weighted by Gasteiger charge is 2.35. The summed E-state index contributed by atoms with van der Waals surface area (Å²) in [6.07, 6.45) is -0.831. The molecular formula is C21H29NO6. The van der Waals surface area contributed by atoms with Crippen molar-refractivity contribution in [2.24, 2.45) is 5.92 Å². The molecule has 0 bridgehead atoms. The number of hydrogen-bond donors (Lipinski definition) is 2. The van der Waals surface area contributed by atoms with Gasteiger partial charge in [0, 0.05) is 5.92 Å². The van der Waals surface area contributed by atoms with Crippen LogP contribution < -0.4 is 5.32 Å². The maximum absolute atomic E-state index is 12.4. The summed E-state index contributed by atoms with van der Waals surface area (Å²) in [5, 5.41) is 11.1. The van der Waals surface area contributed by atoms with Gasteiger partial charge >= 0.3 is 12.1 Å². The van der Waals surface area contributed by atoms with E-state index in [0.29, 0.717) is 26.1 Å². The summed E-state index contributed by atoms with van der Waals surface area (Å²) in [5.41, 5.74) is 2.14. The molecule has 7 heteroatoms. The number of amides is 1. The fourth-order valence-electron chi connectivity index (χ4n) is 3.20. The van der Waals surface area contributed by atoms with Gasteiger partial charge in [-0.15, -0.1) is 6.58 Å². The summed E-state index contributed by atoms with van der Waals surface area (Å²) >= 11 is 0. The molecule has 1 aromatic carbocycles. The van der Waals surface area contributed by atoms with Gasteiger partial charge in [-0.25, -0.2) is 9.59 Å². The highest BCUT2D eigenvalue weighted by Crippen LogP contribution is 2.23. The fraction of sp³-hybridized carbons (Fsp3) is 0.524. The molecule has 0 radical (unpaired) electrons. The van der Waals surface area contributed by atoms with Gasteiger partial charge in [-0.05, 0) is 32.3 Å². The van der Waals surface area contributed by atoms with Crippen LogP contribution in [0.25, 0.3) is 0 Å². The normalized spacial score (nSPS) is 25.7. The molecule has 2 rings (SSSR count). The van der Waals surface area contributed by atoms with E-state index < -0.39 is 24.2 Å². The van der Waals surface area contributed by atoms with Crippen molar-refractivity contribution in [2.75, 3.05) is 19.8 Å². The van der Waals surface area contributed by atoms with Crippen molar-refractivity contribution >= 4 is 12.1 Å². The maximum Gasteiger partial charge on any atom is 0.405 e. The average molecular weight is 391 g/mol. The number of hydrogen-bond acceptors (Lipinski definition) is 5. The van der Waals surface area contributed by atoms with Crippen LogP contribution in [0, 0.1) is 5.92 Å². The molecule has 0 saturated carbocycles. The van der Waals surface area contributed by atoms with E-state index >= 15 is 0 Å². The van der Waals surface area contributed by atoms with Crippen LogP contribution in [0.1, 0.15) is 25.8 Å². The van der Waals surface area contributed by atoms with Crippen molar-refractivity contribution in [3.8, 4) is 0 Å². The Bertz CT molecular complexity index is 662. The van der Waals surface area contributed by atoms with Crippen LogP contribution in [0.2, 0.25) is 0 Å². The number of cyclic esters (lactones) is 1. The lowest BCUT2D eigenvalue weighted by atomic mass is 9.91. The van der Waals surface area contributed by atoms with Crippen molar-refractivity contribution in [3.05, 3.63) is 48.0 Å². The third-order valence-electron chi connectivity index (χ3n) is 4.61. The Kier molecular flexibility index (Phi) is 8.47. The van der Waals surface area contributed by atoms with Crippen molar-refractivity contribution in [2.45, 2.75) is 44.9 Å². The average Bonchev–Trinajstić information content (AvgIpc) is 2.67. The number of nitrogens with one attached hydrogen (secondary N) is 1. The van der Waals surface area contributed by atoms with E-state index in [-0.39, 0.29) is 18.6 Å². The molecule has 0 aliphatic carbocycles.